The lowest BCUT2D eigenvalue weighted by Gasteiger charge is -2.15. The lowest BCUT2D eigenvalue weighted by atomic mass is 9.99. The molecule has 2 nitrogen and oxygen atoms in total. The summed E-state index contributed by atoms with van der Waals surface area (Å²) in [5.41, 5.74) is -0.233. The molecule has 1 saturated carbocycles. The van der Waals surface area contributed by atoms with Crippen LogP contribution in [0, 0.1) is 17.2 Å². The van der Waals surface area contributed by atoms with Crippen molar-refractivity contribution >= 4 is 35.2 Å². The number of carbonyl (C=O) groups is 1. The fourth-order valence-electron chi connectivity index (χ4n) is 2.80. The van der Waals surface area contributed by atoms with E-state index in [0.717, 1.165) is 0 Å². The molecule has 114 valence electrons. The summed E-state index contributed by atoms with van der Waals surface area (Å²) in [6.45, 7) is 4.08. The first kappa shape index (κ1) is 16.3. The molecule has 2 atom stereocenters. The van der Waals surface area contributed by atoms with Crippen LogP contribution in [0.3, 0.4) is 0 Å². The van der Waals surface area contributed by atoms with Crippen molar-refractivity contribution in [3.63, 3.8) is 0 Å². The number of amides is 1. The van der Waals surface area contributed by atoms with Gasteiger partial charge < -0.3 is 5.32 Å². The molecular formula is C16H18Cl2FNO. The van der Waals surface area contributed by atoms with Crippen molar-refractivity contribution in [2.75, 3.05) is 6.54 Å². The van der Waals surface area contributed by atoms with Crippen molar-refractivity contribution in [3.8, 4) is 0 Å². The molecule has 0 aliphatic heterocycles. The molecular weight excluding hydrogens is 312 g/mol. The minimum absolute atomic E-state index is 0.0751. The van der Waals surface area contributed by atoms with E-state index < -0.39 is 9.75 Å². The molecule has 1 fully saturated rings. The van der Waals surface area contributed by atoms with Gasteiger partial charge in [0.15, 0.2) is 0 Å². The molecule has 5 heteroatoms. The summed E-state index contributed by atoms with van der Waals surface area (Å²) in [7, 11) is 0. The number of rotatable bonds is 5. The largest absolute Gasteiger partial charge is 0.352 e. The van der Waals surface area contributed by atoms with Crippen LogP contribution in [0.5, 0.6) is 0 Å². The maximum Gasteiger partial charge on any atom is 0.229 e. The molecule has 1 aromatic carbocycles. The predicted octanol–water partition coefficient (Wildman–Crippen LogP) is 4.18. The summed E-state index contributed by atoms with van der Waals surface area (Å²) in [6, 6.07) is 6.46. The van der Waals surface area contributed by atoms with E-state index in [9.17, 15) is 9.18 Å². The number of carbonyl (C=O) groups excluding carboxylic acids is 1. The normalized spacial score (nSPS) is 26.8. The molecule has 1 amide bonds. The highest BCUT2D eigenvalue weighted by atomic mass is 35.5. The molecule has 1 aliphatic rings. The first-order valence-electron chi connectivity index (χ1n) is 6.95. The summed E-state index contributed by atoms with van der Waals surface area (Å²) in [5.74, 6) is -0.518. The molecule has 1 N–H and O–H groups in total. The van der Waals surface area contributed by atoms with Crippen LogP contribution in [-0.2, 0) is 4.79 Å². The van der Waals surface area contributed by atoms with Crippen LogP contribution in [0.25, 0.3) is 6.08 Å². The Hall–Kier alpha value is -1.06. The van der Waals surface area contributed by atoms with Crippen molar-refractivity contribution in [2.45, 2.75) is 24.6 Å². The average molecular weight is 330 g/mol. The highest BCUT2D eigenvalue weighted by Gasteiger charge is 2.76. The summed E-state index contributed by atoms with van der Waals surface area (Å²) in [6.07, 6.45) is 3.93. The molecule has 0 bridgehead atoms. The van der Waals surface area contributed by atoms with Gasteiger partial charge >= 0.3 is 0 Å². The molecule has 21 heavy (non-hydrogen) atoms. The first-order valence-corrected chi connectivity index (χ1v) is 7.70. The quantitative estimate of drug-likeness (QED) is 0.807. The van der Waals surface area contributed by atoms with Gasteiger partial charge in [0.2, 0.25) is 5.91 Å². The number of hydrogen-bond donors (Lipinski definition) is 1. The zero-order chi connectivity index (χ0) is 15.7. The second-order valence-electron chi connectivity index (χ2n) is 5.30. The summed E-state index contributed by atoms with van der Waals surface area (Å²) in [4.78, 5) is 12.3. The Morgan fingerprint density at radius 2 is 2.05 bits per heavy atom. The molecule has 2 rings (SSSR count). The number of hydrogen-bond acceptors (Lipinski definition) is 1. The third-order valence-corrected chi connectivity index (χ3v) is 5.67. The van der Waals surface area contributed by atoms with E-state index in [1.807, 2.05) is 13.8 Å². The minimum Gasteiger partial charge on any atom is -0.352 e. The Kier molecular flexibility index (Phi) is 4.64. The van der Waals surface area contributed by atoms with Gasteiger partial charge in [-0.1, -0.05) is 44.2 Å². The van der Waals surface area contributed by atoms with E-state index in [2.05, 4.69) is 5.32 Å². The van der Waals surface area contributed by atoms with Gasteiger partial charge in [0.05, 0.1) is 5.41 Å². The molecule has 0 heterocycles. The van der Waals surface area contributed by atoms with Crippen LogP contribution < -0.4 is 5.32 Å². The SMILES string of the molecule is CCC1(C(=O)NC/C=C/c2ccccc2F)C(C)C1(Cl)Cl. The molecule has 0 radical (unpaired) electrons. The fraction of sp³-hybridized carbons (Fsp3) is 0.438. The Morgan fingerprint density at radius 1 is 1.43 bits per heavy atom. The van der Waals surface area contributed by atoms with E-state index in [0.29, 0.717) is 18.5 Å². The molecule has 2 unspecified atom stereocenters. The molecule has 1 aromatic rings. The molecule has 1 aliphatic carbocycles. The van der Waals surface area contributed by atoms with Gasteiger partial charge in [0.25, 0.3) is 0 Å². The Balaban J connectivity index is 1.93. The highest BCUT2D eigenvalue weighted by molar-refractivity contribution is 6.53. The lowest BCUT2D eigenvalue weighted by Crippen LogP contribution is -2.35. The van der Waals surface area contributed by atoms with Crippen molar-refractivity contribution in [1.82, 2.24) is 5.32 Å². The zero-order valence-corrected chi connectivity index (χ0v) is 13.5. The highest BCUT2D eigenvalue weighted by Crippen LogP contribution is 2.70. The van der Waals surface area contributed by atoms with Crippen LogP contribution >= 0.6 is 23.2 Å². The third kappa shape index (κ3) is 2.69. The van der Waals surface area contributed by atoms with Gasteiger partial charge in [-0.3, -0.25) is 4.79 Å². The molecule has 0 spiro atoms. The predicted molar refractivity (Wildman–Crippen MR) is 84.8 cm³/mol. The molecule has 0 aromatic heterocycles. The van der Waals surface area contributed by atoms with E-state index in [-0.39, 0.29) is 17.6 Å². The summed E-state index contributed by atoms with van der Waals surface area (Å²) < 4.78 is 12.4. The van der Waals surface area contributed by atoms with Crippen LogP contribution in [-0.4, -0.2) is 16.8 Å². The minimum atomic E-state index is -0.999. The van der Waals surface area contributed by atoms with Crippen molar-refractivity contribution in [1.29, 1.82) is 0 Å². The Labute approximate surface area is 134 Å². The van der Waals surface area contributed by atoms with Gasteiger partial charge in [-0.15, -0.1) is 23.2 Å². The number of halogens is 3. The van der Waals surface area contributed by atoms with Crippen molar-refractivity contribution < 1.29 is 9.18 Å². The topological polar surface area (TPSA) is 29.1 Å². The van der Waals surface area contributed by atoms with E-state index in [1.165, 1.54) is 6.07 Å². The first-order chi connectivity index (χ1) is 9.88. The summed E-state index contributed by atoms with van der Waals surface area (Å²) >= 11 is 12.4. The maximum absolute atomic E-state index is 13.4. The Morgan fingerprint density at radius 3 is 2.57 bits per heavy atom. The van der Waals surface area contributed by atoms with Gasteiger partial charge in [-0.05, 0) is 12.5 Å². The van der Waals surface area contributed by atoms with E-state index >= 15 is 0 Å². The fourth-order valence-corrected chi connectivity index (χ4v) is 3.83. The van der Waals surface area contributed by atoms with E-state index in [4.69, 9.17) is 23.2 Å². The van der Waals surface area contributed by atoms with Gasteiger partial charge in [-0.25, -0.2) is 4.39 Å². The standard InChI is InChI=1S/C16H18Cl2FNO/c1-3-15(11(2)16(15,17)18)14(21)20-10-6-8-12-7-4-5-9-13(12)19/h4-9,11H,3,10H2,1-2H3,(H,20,21)/b8-6+. The number of alkyl halides is 2. The summed E-state index contributed by atoms with van der Waals surface area (Å²) in [5, 5.41) is 2.80. The van der Waals surface area contributed by atoms with Gasteiger partial charge in [0.1, 0.15) is 10.2 Å². The van der Waals surface area contributed by atoms with Crippen LogP contribution in [0.2, 0.25) is 0 Å². The maximum atomic E-state index is 13.4. The smallest absolute Gasteiger partial charge is 0.229 e. The zero-order valence-electron chi connectivity index (χ0n) is 12.0. The second kappa shape index (κ2) is 5.98. The van der Waals surface area contributed by atoms with Crippen molar-refractivity contribution in [3.05, 3.63) is 41.7 Å². The average Bonchev–Trinajstić information content (AvgIpc) is 2.90. The number of nitrogens with one attached hydrogen (secondary N) is 1. The van der Waals surface area contributed by atoms with Gasteiger partial charge in [-0.2, -0.15) is 0 Å². The number of benzene rings is 1. The van der Waals surface area contributed by atoms with Crippen LogP contribution in [0.4, 0.5) is 4.39 Å². The monoisotopic (exact) mass is 329 g/mol. The van der Waals surface area contributed by atoms with E-state index in [1.54, 1.807) is 30.4 Å². The lowest BCUT2D eigenvalue weighted by molar-refractivity contribution is -0.126. The molecule has 0 saturated heterocycles. The third-order valence-electron chi connectivity index (χ3n) is 4.34. The Bertz CT molecular complexity index is 573. The second-order valence-corrected chi connectivity index (χ2v) is 6.69. The van der Waals surface area contributed by atoms with Gasteiger partial charge in [0, 0.05) is 18.0 Å². The van der Waals surface area contributed by atoms with Crippen LogP contribution in [0.1, 0.15) is 25.8 Å². The van der Waals surface area contributed by atoms with Crippen LogP contribution in [0.15, 0.2) is 30.3 Å². The van der Waals surface area contributed by atoms with Crippen molar-refractivity contribution in [2.24, 2.45) is 11.3 Å².